The van der Waals surface area contributed by atoms with Gasteiger partial charge in [-0.25, -0.2) is 0 Å². The van der Waals surface area contributed by atoms with Gasteiger partial charge in [-0.15, -0.1) is 0 Å². The highest BCUT2D eigenvalue weighted by atomic mass is 79.9. The molecule has 0 saturated carbocycles. The van der Waals surface area contributed by atoms with Crippen LogP contribution in [0.3, 0.4) is 0 Å². The molecule has 1 amide bonds. The van der Waals surface area contributed by atoms with Crippen LogP contribution >= 0.6 is 15.9 Å². The van der Waals surface area contributed by atoms with E-state index >= 15 is 0 Å². The maximum Gasteiger partial charge on any atom is 0.228 e. The van der Waals surface area contributed by atoms with E-state index in [0.29, 0.717) is 5.92 Å². The highest BCUT2D eigenvalue weighted by Crippen LogP contribution is 2.42. The number of piperidine rings is 1. The second-order valence-electron chi connectivity index (χ2n) is 8.98. The third-order valence-corrected chi connectivity index (χ3v) is 7.90. The molecule has 32 heavy (non-hydrogen) atoms. The molecular weight excluding hydrogens is 460 g/mol. The first-order valence-corrected chi connectivity index (χ1v) is 12.4. The van der Waals surface area contributed by atoms with E-state index in [4.69, 9.17) is 0 Å². The SMILES string of the molecule is O=C([C@@H]1CNC[C@H]1c1ccccc1Br)N1CC[C@H](c2ccccc2)C[C@H]1c1ccccc1. The summed E-state index contributed by atoms with van der Waals surface area (Å²) in [6.45, 7) is 2.39. The fourth-order valence-corrected chi connectivity index (χ4v) is 6.08. The summed E-state index contributed by atoms with van der Waals surface area (Å²) < 4.78 is 1.09. The van der Waals surface area contributed by atoms with E-state index in [1.165, 1.54) is 16.7 Å². The van der Waals surface area contributed by atoms with Gasteiger partial charge < -0.3 is 10.2 Å². The molecule has 5 rings (SSSR count). The maximum absolute atomic E-state index is 14.0. The Bertz CT molecular complexity index is 1060. The summed E-state index contributed by atoms with van der Waals surface area (Å²) in [5, 5.41) is 3.49. The number of nitrogens with zero attached hydrogens (tertiary/aromatic N) is 1. The lowest BCUT2D eigenvalue weighted by Gasteiger charge is -2.42. The lowest BCUT2D eigenvalue weighted by atomic mass is 9.81. The van der Waals surface area contributed by atoms with Crippen LogP contribution in [-0.2, 0) is 4.79 Å². The van der Waals surface area contributed by atoms with Crippen LogP contribution in [0.4, 0.5) is 0 Å². The molecule has 3 aromatic rings. The minimum Gasteiger partial charge on any atom is -0.335 e. The van der Waals surface area contributed by atoms with Gasteiger partial charge in [0.05, 0.1) is 12.0 Å². The lowest BCUT2D eigenvalue weighted by Crippen LogP contribution is -2.45. The molecule has 2 saturated heterocycles. The van der Waals surface area contributed by atoms with Crippen LogP contribution in [-0.4, -0.2) is 30.4 Å². The zero-order chi connectivity index (χ0) is 21.9. The van der Waals surface area contributed by atoms with Gasteiger partial charge in [-0.3, -0.25) is 4.79 Å². The number of benzene rings is 3. The largest absolute Gasteiger partial charge is 0.335 e. The molecule has 0 unspecified atom stereocenters. The Balaban J connectivity index is 1.43. The predicted octanol–water partition coefficient (Wildman–Crippen LogP) is 5.90. The van der Waals surface area contributed by atoms with Gasteiger partial charge >= 0.3 is 0 Å². The van der Waals surface area contributed by atoms with Gasteiger partial charge in [0, 0.05) is 30.0 Å². The molecule has 2 heterocycles. The smallest absolute Gasteiger partial charge is 0.228 e. The molecule has 0 spiro atoms. The van der Waals surface area contributed by atoms with Crippen molar-refractivity contribution in [2.75, 3.05) is 19.6 Å². The third kappa shape index (κ3) is 4.26. The predicted molar refractivity (Wildman–Crippen MR) is 133 cm³/mol. The van der Waals surface area contributed by atoms with Crippen molar-refractivity contribution in [2.24, 2.45) is 5.92 Å². The van der Waals surface area contributed by atoms with Crippen molar-refractivity contribution in [1.82, 2.24) is 10.2 Å². The molecule has 3 aromatic carbocycles. The zero-order valence-electron chi connectivity index (χ0n) is 18.2. The van der Waals surface area contributed by atoms with Crippen LogP contribution in [0.25, 0.3) is 0 Å². The first-order chi connectivity index (χ1) is 15.7. The van der Waals surface area contributed by atoms with Crippen LogP contribution in [0, 0.1) is 5.92 Å². The van der Waals surface area contributed by atoms with Gasteiger partial charge in [-0.1, -0.05) is 94.8 Å². The number of likely N-dealkylation sites (tertiary alicyclic amines) is 1. The van der Waals surface area contributed by atoms with E-state index in [0.717, 1.165) is 36.9 Å². The van der Waals surface area contributed by atoms with Crippen molar-refractivity contribution in [1.29, 1.82) is 0 Å². The summed E-state index contributed by atoms with van der Waals surface area (Å²) in [5.74, 6) is 0.928. The maximum atomic E-state index is 14.0. The summed E-state index contributed by atoms with van der Waals surface area (Å²) in [5.41, 5.74) is 3.85. The number of nitrogens with one attached hydrogen (secondary N) is 1. The molecule has 0 aliphatic carbocycles. The van der Waals surface area contributed by atoms with Crippen LogP contribution in [0.5, 0.6) is 0 Å². The zero-order valence-corrected chi connectivity index (χ0v) is 19.7. The Labute approximate surface area is 199 Å². The Morgan fingerprint density at radius 1 is 0.844 bits per heavy atom. The Hall–Kier alpha value is -2.43. The summed E-state index contributed by atoms with van der Waals surface area (Å²) in [6.07, 6.45) is 1.98. The molecule has 0 radical (unpaired) electrons. The van der Waals surface area contributed by atoms with E-state index in [9.17, 15) is 4.79 Å². The molecule has 2 aliphatic heterocycles. The number of carbonyl (C=O) groups is 1. The average Bonchev–Trinajstić information content (AvgIpc) is 3.34. The molecule has 3 nitrogen and oxygen atoms in total. The van der Waals surface area contributed by atoms with E-state index in [2.05, 4.69) is 105 Å². The van der Waals surface area contributed by atoms with Crippen LogP contribution < -0.4 is 5.32 Å². The number of hydrogen-bond donors (Lipinski definition) is 1. The summed E-state index contributed by atoms with van der Waals surface area (Å²) in [4.78, 5) is 16.2. The Morgan fingerprint density at radius 3 is 2.22 bits per heavy atom. The lowest BCUT2D eigenvalue weighted by molar-refractivity contribution is -0.139. The number of hydrogen-bond acceptors (Lipinski definition) is 2. The number of carbonyl (C=O) groups excluding carboxylic acids is 1. The van der Waals surface area contributed by atoms with Crippen molar-refractivity contribution in [3.8, 4) is 0 Å². The van der Waals surface area contributed by atoms with Crippen LogP contribution in [0.1, 0.15) is 47.4 Å². The Morgan fingerprint density at radius 2 is 1.50 bits per heavy atom. The van der Waals surface area contributed by atoms with Crippen molar-refractivity contribution < 1.29 is 4.79 Å². The van der Waals surface area contributed by atoms with Crippen molar-refractivity contribution in [3.05, 3.63) is 106 Å². The molecule has 4 heteroatoms. The number of amides is 1. The monoisotopic (exact) mass is 488 g/mol. The topological polar surface area (TPSA) is 32.3 Å². The summed E-state index contributed by atoms with van der Waals surface area (Å²) in [7, 11) is 0. The summed E-state index contributed by atoms with van der Waals surface area (Å²) in [6, 6.07) is 29.8. The quantitative estimate of drug-likeness (QED) is 0.495. The van der Waals surface area contributed by atoms with E-state index in [-0.39, 0.29) is 23.8 Å². The molecular formula is C28H29BrN2O. The van der Waals surface area contributed by atoms with E-state index in [1.54, 1.807) is 0 Å². The average molecular weight is 489 g/mol. The van der Waals surface area contributed by atoms with Gasteiger partial charge in [0.1, 0.15) is 0 Å². The van der Waals surface area contributed by atoms with Crippen molar-refractivity contribution in [2.45, 2.75) is 30.7 Å². The fraction of sp³-hybridized carbons (Fsp3) is 0.321. The van der Waals surface area contributed by atoms with Crippen molar-refractivity contribution >= 4 is 21.8 Å². The standard InChI is InChI=1S/C28H29BrN2O/c29-26-14-8-7-13-23(26)24-18-30-19-25(24)28(32)31-16-15-22(20-9-3-1-4-10-20)17-27(31)21-11-5-2-6-12-21/h1-14,22,24-25,27,30H,15-19H2/t22-,24-,25+,27-/m0/s1. The molecule has 0 aromatic heterocycles. The van der Waals surface area contributed by atoms with Gasteiger partial charge in [0.15, 0.2) is 0 Å². The normalized spacial score (nSPS) is 25.6. The third-order valence-electron chi connectivity index (χ3n) is 7.18. The highest BCUT2D eigenvalue weighted by Gasteiger charge is 2.41. The minimum atomic E-state index is -0.0341. The van der Waals surface area contributed by atoms with Crippen molar-refractivity contribution in [3.63, 3.8) is 0 Å². The summed E-state index contributed by atoms with van der Waals surface area (Å²) >= 11 is 3.71. The fourth-order valence-electron chi connectivity index (χ4n) is 5.50. The van der Waals surface area contributed by atoms with Gasteiger partial charge in [0.25, 0.3) is 0 Å². The second-order valence-corrected chi connectivity index (χ2v) is 9.84. The Kier molecular flexibility index (Phi) is 6.42. The van der Waals surface area contributed by atoms with E-state index < -0.39 is 0 Å². The van der Waals surface area contributed by atoms with E-state index in [1.807, 2.05) is 6.07 Å². The highest BCUT2D eigenvalue weighted by molar-refractivity contribution is 9.10. The molecule has 1 N–H and O–H groups in total. The van der Waals surface area contributed by atoms with Gasteiger partial charge in [-0.2, -0.15) is 0 Å². The van der Waals surface area contributed by atoms with Crippen LogP contribution in [0.15, 0.2) is 89.4 Å². The molecule has 164 valence electrons. The minimum absolute atomic E-state index is 0.0341. The number of rotatable bonds is 4. The van der Waals surface area contributed by atoms with Crippen LogP contribution in [0.2, 0.25) is 0 Å². The first-order valence-electron chi connectivity index (χ1n) is 11.6. The molecule has 2 aliphatic rings. The van der Waals surface area contributed by atoms with Gasteiger partial charge in [-0.05, 0) is 41.5 Å². The molecule has 2 fully saturated rings. The second kappa shape index (κ2) is 9.60. The first kappa shape index (κ1) is 21.4. The van der Waals surface area contributed by atoms with Gasteiger partial charge in [0.2, 0.25) is 5.91 Å². The molecule has 0 bridgehead atoms. The molecule has 4 atom stereocenters. The number of halogens is 1.